The fourth-order valence-corrected chi connectivity index (χ4v) is 4.95. The van der Waals surface area contributed by atoms with E-state index in [2.05, 4.69) is 97.0 Å². The first kappa shape index (κ1) is 23.4. The Morgan fingerprint density at radius 3 is 2.00 bits per heavy atom. The van der Waals surface area contributed by atoms with E-state index in [1.54, 1.807) is 0 Å². The number of rotatable bonds is 3. The zero-order chi connectivity index (χ0) is 24.0. The predicted molar refractivity (Wildman–Crippen MR) is 141 cm³/mol. The minimum atomic E-state index is -0.291. The molecule has 0 bridgehead atoms. The third kappa shape index (κ3) is 4.79. The summed E-state index contributed by atoms with van der Waals surface area (Å²) in [4.78, 5) is 15.1. The van der Waals surface area contributed by atoms with E-state index >= 15 is 0 Å². The summed E-state index contributed by atoms with van der Waals surface area (Å²) in [5, 5.41) is 0.993. The van der Waals surface area contributed by atoms with Crippen LogP contribution in [0.5, 0.6) is 0 Å². The SMILES string of the molecule is Cc1ccc(Sc2c(-c3ccccc3)c3cc(C(C)(C)C)cc(C(C)(C)C)c3oc2=O)cc1. The summed E-state index contributed by atoms with van der Waals surface area (Å²) < 4.78 is 6.10. The van der Waals surface area contributed by atoms with E-state index in [1.807, 2.05) is 18.2 Å². The van der Waals surface area contributed by atoms with Crippen LogP contribution in [0.25, 0.3) is 22.1 Å². The Hall–Kier alpha value is -2.78. The first-order valence-corrected chi connectivity index (χ1v) is 12.2. The summed E-state index contributed by atoms with van der Waals surface area (Å²) >= 11 is 1.48. The van der Waals surface area contributed by atoms with Crippen molar-refractivity contribution in [2.24, 2.45) is 0 Å². The Balaban J connectivity index is 2.13. The topological polar surface area (TPSA) is 30.2 Å². The molecular formula is C30H32O2S. The molecule has 0 aliphatic heterocycles. The van der Waals surface area contributed by atoms with Gasteiger partial charge in [-0.1, -0.05) is 107 Å². The summed E-state index contributed by atoms with van der Waals surface area (Å²) in [6.07, 6.45) is 0. The van der Waals surface area contributed by atoms with Gasteiger partial charge < -0.3 is 4.42 Å². The molecule has 3 heteroatoms. The van der Waals surface area contributed by atoms with Gasteiger partial charge in [-0.15, -0.1) is 0 Å². The first-order chi connectivity index (χ1) is 15.4. The molecule has 4 aromatic rings. The highest BCUT2D eigenvalue weighted by Gasteiger charge is 2.27. The molecule has 0 fully saturated rings. The quantitative estimate of drug-likeness (QED) is 0.289. The average molecular weight is 457 g/mol. The molecule has 0 N–H and O–H groups in total. The molecule has 2 nitrogen and oxygen atoms in total. The zero-order valence-electron chi connectivity index (χ0n) is 20.6. The third-order valence-electron chi connectivity index (χ3n) is 5.94. The minimum Gasteiger partial charge on any atom is -0.422 e. The number of fused-ring (bicyclic) bond motifs is 1. The van der Waals surface area contributed by atoms with Crippen molar-refractivity contribution in [3.63, 3.8) is 0 Å². The van der Waals surface area contributed by atoms with Crippen LogP contribution in [-0.4, -0.2) is 0 Å². The molecule has 4 rings (SSSR count). The Labute approximate surface area is 201 Å². The summed E-state index contributed by atoms with van der Waals surface area (Å²) in [5.41, 5.74) is 5.65. The lowest BCUT2D eigenvalue weighted by atomic mass is 9.79. The van der Waals surface area contributed by atoms with Gasteiger partial charge in [0, 0.05) is 21.4 Å². The van der Waals surface area contributed by atoms with E-state index in [0.29, 0.717) is 10.5 Å². The van der Waals surface area contributed by atoms with Gasteiger partial charge in [0.2, 0.25) is 0 Å². The molecule has 1 heterocycles. The van der Waals surface area contributed by atoms with Gasteiger partial charge in [0.05, 0.1) is 0 Å². The maximum atomic E-state index is 13.5. The molecule has 170 valence electrons. The average Bonchev–Trinajstić information content (AvgIpc) is 2.74. The van der Waals surface area contributed by atoms with Crippen molar-refractivity contribution in [1.82, 2.24) is 0 Å². The number of hydrogen-bond acceptors (Lipinski definition) is 3. The van der Waals surface area contributed by atoms with Crippen molar-refractivity contribution < 1.29 is 4.42 Å². The largest absolute Gasteiger partial charge is 0.422 e. The van der Waals surface area contributed by atoms with Crippen molar-refractivity contribution in [3.05, 3.63) is 93.8 Å². The van der Waals surface area contributed by atoms with Crippen LogP contribution in [0.1, 0.15) is 58.2 Å². The highest BCUT2D eigenvalue weighted by atomic mass is 32.2. The molecule has 0 spiro atoms. The van der Waals surface area contributed by atoms with E-state index in [-0.39, 0.29) is 16.5 Å². The van der Waals surface area contributed by atoms with Crippen LogP contribution in [0, 0.1) is 6.92 Å². The van der Waals surface area contributed by atoms with Gasteiger partial charge in [-0.2, -0.15) is 0 Å². The Kier molecular flexibility index (Phi) is 6.05. The number of aryl methyl sites for hydroxylation is 1. The zero-order valence-corrected chi connectivity index (χ0v) is 21.4. The van der Waals surface area contributed by atoms with Crippen LogP contribution in [0.3, 0.4) is 0 Å². The van der Waals surface area contributed by atoms with Gasteiger partial charge in [0.25, 0.3) is 0 Å². The van der Waals surface area contributed by atoms with E-state index in [9.17, 15) is 4.79 Å². The Bertz CT molecular complexity index is 1350. The van der Waals surface area contributed by atoms with Gasteiger partial charge >= 0.3 is 5.63 Å². The summed E-state index contributed by atoms with van der Waals surface area (Å²) in [5.74, 6) is 0. The maximum Gasteiger partial charge on any atom is 0.351 e. The van der Waals surface area contributed by atoms with Crippen molar-refractivity contribution >= 4 is 22.7 Å². The summed E-state index contributed by atoms with van der Waals surface area (Å²) in [7, 11) is 0. The predicted octanol–water partition coefficient (Wildman–Crippen LogP) is 8.51. The summed E-state index contributed by atoms with van der Waals surface area (Å²) in [6.45, 7) is 15.3. The fraction of sp³-hybridized carbons (Fsp3) is 0.300. The van der Waals surface area contributed by atoms with Gasteiger partial charge in [-0.05, 0) is 47.1 Å². The molecule has 0 unspecified atom stereocenters. The van der Waals surface area contributed by atoms with Crippen LogP contribution in [-0.2, 0) is 10.8 Å². The highest BCUT2D eigenvalue weighted by Crippen LogP contribution is 2.43. The van der Waals surface area contributed by atoms with Crippen LogP contribution in [0.2, 0.25) is 0 Å². The second kappa shape index (κ2) is 8.53. The normalized spacial score (nSPS) is 12.3. The molecule has 0 radical (unpaired) electrons. The molecule has 0 aliphatic carbocycles. The minimum absolute atomic E-state index is 0.0391. The first-order valence-electron chi connectivity index (χ1n) is 11.4. The third-order valence-corrected chi connectivity index (χ3v) is 7.03. The lowest BCUT2D eigenvalue weighted by molar-refractivity contribution is 0.515. The molecular weight excluding hydrogens is 424 g/mol. The second-order valence-corrected chi connectivity index (χ2v) is 11.9. The molecule has 0 saturated carbocycles. The van der Waals surface area contributed by atoms with Gasteiger partial charge in [0.1, 0.15) is 10.5 Å². The highest BCUT2D eigenvalue weighted by molar-refractivity contribution is 7.99. The Morgan fingerprint density at radius 2 is 1.42 bits per heavy atom. The van der Waals surface area contributed by atoms with Crippen LogP contribution < -0.4 is 5.63 Å². The summed E-state index contributed by atoms with van der Waals surface area (Å²) in [6, 6.07) is 22.9. The van der Waals surface area contributed by atoms with Crippen molar-refractivity contribution in [2.75, 3.05) is 0 Å². The van der Waals surface area contributed by atoms with Crippen LogP contribution in [0.15, 0.2) is 85.7 Å². The van der Waals surface area contributed by atoms with Crippen molar-refractivity contribution in [1.29, 1.82) is 0 Å². The molecule has 0 saturated heterocycles. The molecule has 0 atom stereocenters. The number of benzene rings is 3. The van der Waals surface area contributed by atoms with Crippen LogP contribution in [0.4, 0.5) is 0 Å². The van der Waals surface area contributed by atoms with E-state index < -0.39 is 0 Å². The molecule has 0 amide bonds. The molecule has 1 aromatic heterocycles. The van der Waals surface area contributed by atoms with Crippen molar-refractivity contribution in [3.8, 4) is 11.1 Å². The van der Waals surface area contributed by atoms with Crippen LogP contribution >= 0.6 is 11.8 Å². The number of hydrogen-bond donors (Lipinski definition) is 0. The standard InChI is InChI=1S/C30H32O2S/c1-19-13-15-22(16-14-19)33-27-25(20-11-9-8-10-12-20)23-17-21(29(2,3)4)18-24(30(5,6)7)26(23)32-28(27)31/h8-18H,1-7H3. The Morgan fingerprint density at radius 1 is 0.788 bits per heavy atom. The lowest BCUT2D eigenvalue weighted by Crippen LogP contribution is -2.18. The van der Waals surface area contributed by atoms with E-state index in [0.717, 1.165) is 27.0 Å². The van der Waals surface area contributed by atoms with E-state index in [4.69, 9.17) is 4.42 Å². The molecule has 33 heavy (non-hydrogen) atoms. The molecule has 3 aromatic carbocycles. The van der Waals surface area contributed by atoms with Gasteiger partial charge in [-0.3, -0.25) is 0 Å². The second-order valence-electron chi connectivity index (χ2n) is 10.8. The van der Waals surface area contributed by atoms with Gasteiger partial charge in [0.15, 0.2) is 0 Å². The van der Waals surface area contributed by atoms with E-state index in [1.165, 1.54) is 22.9 Å². The maximum absolute atomic E-state index is 13.5. The van der Waals surface area contributed by atoms with Crippen molar-refractivity contribution in [2.45, 2.75) is 69.1 Å². The smallest absolute Gasteiger partial charge is 0.351 e. The monoisotopic (exact) mass is 456 g/mol. The van der Waals surface area contributed by atoms with Gasteiger partial charge in [-0.25, -0.2) is 4.79 Å². The molecule has 0 aliphatic rings. The lowest BCUT2D eigenvalue weighted by Gasteiger charge is -2.27. The fourth-order valence-electron chi connectivity index (χ4n) is 3.99.